The smallest absolute Gasteiger partial charge is 0.251 e. The number of amides is 1. The van der Waals surface area contributed by atoms with E-state index in [0.717, 1.165) is 66.3 Å². The van der Waals surface area contributed by atoms with Gasteiger partial charge in [0.1, 0.15) is 17.7 Å². The van der Waals surface area contributed by atoms with Crippen LogP contribution >= 0.6 is 0 Å². The molecule has 0 spiro atoms. The molecule has 4 heterocycles. The van der Waals surface area contributed by atoms with Crippen LogP contribution in [0.2, 0.25) is 0 Å². The molecule has 34 heavy (non-hydrogen) atoms. The van der Waals surface area contributed by atoms with Gasteiger partial charge in [0.2, 0.25) is 5.95 Å². The van der Waals surface area contributed by atoms with Gasteiger partial charge in [-0.05, 0) is 48.4 Å². The second-order valence-corrected chi connectivity index (χ2v) is 8.44. The Labute approximate surface area is 198 Å². The first-order valence-electron chi connectivity index (χ1n) is 11.7. The SMILES string of the molecule is CCc1cnc(N2CCC(Oc3ccc(-n4ccc5cc(C(=O)NC)ccc54)nc3)CC2)nc1. The monoisotopic (exact) mass is 456 g/mol. The minimum atomic E-state index is -0.0953. The average Bonchev–Trinajstić information content (AvgIpc) is 3.32. The van der Waals surface area contributed by atoms with Crippen molar-refractivity contribution >= 4 is 22.8 Å². The quantitative estimate of drug-likeness (QED) is 0.475. The van der Waals surface area contributed by atoms with Crippen LogP contribution in [0.4, 0.5) is 5.95 Å². The summed E-state index contributed by atoms with van der Waals surface area (Å²) in [5, 5.41) is 3.65. The van der Waals surface area contributed by atoms with Crippen molar-refractivity contribution in [1.29, 1.82) is 0 Å². The Hall–Kier alpha value is -3.94. The fourth-order valence-corrected chi connectivity index (χ4v) is 4.27. The number of carbonyl (C=O) groups is 1. The summed E-state index contributed by atoms with van der Waals surface area (Å²) in [6.07, 6.45) is 10.5. The van der Waals surface area contributed by atoms with E-state index in [1.54, 1.807) is 13.2 Å². The summed E-state index contributed by atoms with van der Waals surface area (Å²) in [7, 11) is 1.63. The molecule has 1 N–H and O–H groups in total. The highest BCUT2D eigenvalue weighted by molar-refractivity contribution is 5.98. The van der Waals surface area contributed by atoms with Crippen molar-refractivity contribution in [2.75, 3.05) is 25.0 Å². The summed E-state index contributed by atoms with van der Waals surface area (Å²) in [5.74, 6) is 2.27. The fourth-order valence-electron chi connectivity index (χ4n) is 4.27. The number of hydrogen-bond acceptors (Lipinski definition) is 6. The third-order valence-corrected chi connectivity index (χ3v) is 6.27. The van der Waals surface area contributed by atoms with Gasteiger partial charge in [0.25, 0.3) is 5.91 Å². The molecule has 1 saturated heterocycles. The summed E-state index contributed by atoms with van der Waals surface area (Å²) in [5.41, 5.74) is 2.79. The van der Waals surface area contributed by atoms with E-state index in [-0.39, 0.29) is 12.0 Å². The van der Waals surface area contributed by atoms with E-state index in [9.17, 15) is 4.79 Å². The third-order valence-electron chi connectivity index (χ3n) is 6.27. The maximum Gasteiger partial charge on any atom is 0.251 e. The van der Waals surface area contributed by atoms with Crippen LogP contribution in [0.1, 0.15) is 35.7 Å². The van der Waals surface area contributed by atoms with Gasteiger partial charge in [0.05, 0.1) is 11.7 Å². The van der Waals surface area contributed by atoms with Crippen LogP contribution in [0.3, 0.4) is 0 Å². The highest BCUT2D eigenvalue weighted by Gasteiger charge is 2.22. The van der Waals surface area contributed by atoms with Gasteiger partial charge in [-0.15, -0.1) is 0 Å². The molecule has 1 aliphatic rings. The first-order valence-corrected chi connectivity index (χ1v) is 11.7. The van der Waals surface area contributed by atoms with E-state index in [1.807, 2.05) is 59.6 Å². The lowest BCUT2D eigenvalue weighted by molar-refractivity contribution is 0.0963. The van der Waals surface area contributed by atoms with Crippen LogP contribution in [0.5, 0.6) is 5.75 Å². The van der Waals surface area contributed by atoms with E-state index in [0.29, 0.717) is 5.56 Å². The Bertz CT molecular complexity index is 1280. The molecule has 0 radical (unpaired) electrons. The lowest BCUT2D eigenvalue weighted by Crippen LogP contribution is -2.39. The summed E-state index contributed by atoms with van der Waals surface area (Å²) in [6, 6.07) is 11.6. The van der Waals surface area contributed by atoms with Crippen molar-refractivity contribution in [2.24, 2.45) is 0 Å². The number of rotatable bonds is 6. The standard InChI is InChI=1S/C26H28N6O2/c1-3-18-15-29-26(30-16-18)31-11-9-21(10-12-31)34-22-5-7-24(28-17-22)32-13-8-19-14-20(25(33)27-2)4-6-23(19)32/h4-8,13-17,21H,3,9-12H2,1-2H3,(H,27,33). The maximum absolute atomic E-state index is 11.9. The van der Waals surface area contributed by atoms with Crippen molar-refractivity contribution in [2.45, 2.75) is 32.3 Å². The molecule has 174 valence electrons. The number of aryl methyl sites for hydroxylation is 1. The average molecular weight is 457 g/mol. The molecule has 4 aromatic rings. The predicted octanol–water partition coefficient (Wildman–Crippen LogP) is 3.79. The lowest BCUT2D eigenvalue weighted by Gasteiger charge is -2.32. The number of aromatic nitrogens is 4. The van der Waals surface area contributed by atoms with Gasteiger partial charge in [-0.25, -0.2) is 15.0 Å². The third kappa shape index (κ3) is 4.44. The number of hydrogen-bond donors (Lipinski definition) is 1. The number of piperidine rings is 1. The predicted molar refractivity (Wildman–Crippen MR) is 132 cm³/mol. The van der Waals surface area contributed by atoms with E-state index >= 15 is 0 Å². The van der Waals surface area contributed by atoms with E-state index < -0.39 is 0 Å². The Morgan fingerprint density at radius 3 is 2.53 bits per heavy atom. The molecule has 8 nitrogen and oxygen atoms in total. The molecule has 1 amide bonds. The summed E-state index contributed by atoms with van der Waals surface area (Å²) < 4.78 is 8.22. The normalized spacial score (nSPS) is 14.4. The van der Waals surface area contributed by atoms with Crippen molar-refractivity contribution in [3.8, 4) is 11.6 Å². The van der Waals surface area contributed by atoms with Crippen LogP contribution in [0.15, 0.2) is 61.2 Å². The van der Waals surface area contributed by atoms with Gasteiger partial charge < -0.3 is 19.5 Å². The molecule has 5 rings (SSSR count). The topological polar surface area (TPSA) is 85.2 Å². The highest BCUT2D eigenvalue weighted by Crippen LogP contribution is 2.24. The molecule has 0 atom stereocenters. The number of anilines is 1. The zero-order chi connectivity index (χ0) is 23.5. The van der Waals surface area contributed by atoms with E-state index in [4.69, 9.17) is 4.74 Å². The molecular weight excluding hydrogens is 428 g/mol. The van der Waals surface area contributed by atoms with E-state index in [1.165, 1.54) is 0 Å². The Morgan fingerprint density at radius 1 is 1.06 bits per heavy atom. The molecule has 0 aliphatic carbocycles. The van der Waals surface area contributed by atoms with Gasteiger partial charge in [-0.3, -0.25) is 4.79 Å². The Morgan fingerprint density at radius 2 is 1.85 bits per heavy atom. The number of ether oxygens (including phenoxy) is 1. The van der Waals surface area contributed by atoms with Crippen LogP contribution < -0.4 is 15.0 Å². The molecule has 8 heteroatoms. The number of fused-ring (bicyclic) bond motifs is 1. The van der Waals surface area contributed by atoms with Crippen LogP contribution in [0.25, 0.3) is 16.7 Å². The number of nitrogens with one attached hydrogen (secondary N) is 1. The minimum absolute atomic E-state index is 0.0953. The molecule has 0 bridgehead atoms. The van der Waals surface area contributed by atoms with Crippen LogP contribution in [-0.4, -0.2) is 51.7 Å². The van der Waals surface area contributed by atoms with Crippen LogP contribution in [0, 0.1) is 0 Å². The van der Waals surface area contributed by atoms with Gasteiger partial charge in [0, 0.05) is 62.5 Å². The van der Waals surface area contributed by atoms with Gasteiger partial charge in [-0.2, -0.15) is 0 Å². The Balaban J connectivity index is 1.22. The molecule has 1 aromatic carbocycles. The van der Waals surface area contributed by atoms with Crippen molar-refractivity contribution in [1.82, 2.24) is 24.8 Å². The molecule has 0 unspecified atom stereocenters. The molecule has 0 saturated carbocycles. The maximum atomic E-state index is 11.9. The molecule has 3 aromatic heterocycles. The van der Waals surface area contributed by atoms with Crippen molar-refractivity contribution in [3.63, 3.8) is 0 Å². The fraction of sp³-hybridized carbons (Fsp3) is 0.308. The second-order valence-electron chi connectivity index (χ2n) is 8.44. The van der Waals surface area contributed by atoms with E-state index in [2.05, 4.69) is 32.1 Å². The number of benzene rings is 1. The molecule has 1 fully saturated rings. The molecular formula is C26H28N6O2. The number of nitrogens with zero attached hydrogens (tertiary/aromatic N) is 5. The molecule has 1 aliphatic heterocycles. The van der Waals surface area contributed by atoms with Crippen LogP contribution in [-0.2, 0) is 6.42 Å². The van der Waals surface area contributed by atoms with Gasteiger partial charge >= 0.3 is 0 Å². The minimum Gasteiger partial charge on any atom is -0.489 e. The van der Waals surface area contributed by atoms with Gasteiger partial charge in [-0.1, -0.05) is 6.92 Å². The number of carbonyl (C=O) groups excluding carboxylic acids is 1. The zero-order valence-electron chi connectivity index (χ0n) is 19.4. The highest BCUT2D eigenvalue weighted by atomic mass is 16.5. The van der Waals surface area contributed by atoms with Gasteiger partial charge in [0.15, 0.2) is 0 Å². The first kappa shape index (κ1) is 21.9. The second kappa shape index (κ2) is 9.51. The zero-order valence-corrected chi connectivity index (χ0v) is 19.4. The largest absolute Gasteiger partial charge is 0.489 e. The summed E-state index contributed by atoms with van der Waals surface area (Å²) in [4.78, 5) is 27.7. The van der Waals surface area contributed by atoms with Crippen molar-refractivity contribution in [3.05, 3.63) is 72.3 Å². The first-order chi connectivity index (χ1) is 16.6. The summed E-state index contributed by atoms with van der Waals surface area (Å²) >= 11 is 0. The number of pyridine rings is 1. The van der Waals surface area contributed by atoms with Crippen molar-refractivity contribution < 1.29 is 9.53 Å². The lowest BCUT2D eigenvalue weighted by atomic mass is 10.1. The Kier molecular flexibility index (Phi) is 6.12. The summed E-state index contributed by atoms with van der Waals surface area (Å²) in [6.45, 7) is 3.84.